The van der Waals surface area contributed by atoms with E-state index < -0.39 is 17.7 Å². The molecule has 0 saturated carbocycles. The predicted molar refractivity (Wildman–Crippen MR) is 131 cm³/mol. The standard InChI is InChI=1S/C27H24ClNO5/c1-4-34-22-14-18(8-12-21(22)28)25(31)23-24(17-6-10-20(30)11-7-17)29(27(33)26(23)32)19-9-5-15(2)16(3)13-19/h5-14,24,30-31H,4H2,1-3H3/b25-23+. The lowest BCUT2D eigenvalue weighted by Crippen LogP contribution is -2.29. The fraction of sp³-hybridized carbons (Fsp3) is 0.185. The lowest BCUT2D eigenvalue weighted by molar-refractivity contribution is -0.132. The highest BCUT2D eigenvalue weighted by Gasteiger charge is 2.47. The van der Waals surface area contributed by atoms with Gasteiger partial charge in [0.2, 0.25) is 0 Å². The van der Waals surface area contributed by atoms with Gasteiger partial charge >= 0.3 is 0 Å². The van der Waals surface area contributed by atoms with Crippen molar-refractivity contribution in [2.75, 3.05) is 11.5 Å². The molecule has 1 amide bonds. The number of aliphatic hydroxyl groups is 1. The van der Waals surface area contributed by atoms with Crippen LogP contribution in [0, 0.1) is 13.8 Å². The van der Waals surface area contributed by atoms with Gasteiger partial charge < -0.3 is 14.9 Å². The highest BCUT2D eigenvalue weighted by molar-refractivity contribution is 6.51. The Bertz CT molecular complexity index is 1310. The number of aliphatic hydroxyl groups excluding tert-OH is 1. The Morgan fingerprint density at radius 1 is 1.00 bits per heavy atom. The van der Waals surface area contributed by atoms with Crippen molar-refractivity contribution in [1.29, 1.82) is 0 Å². The number of nitrogens with zero attached hydrogens (tertiary/aromatic N) is 1. The summed E-state index contributed by atoms with van der Waals surface area (Å²) in [6.45, 7) is 6.06. The quantitative estimate of drug-likeness (QED) is 0.280. The Morgan fingerprint density at radius 2 is 1.71 bits per heavy atom. The lowest BCUT2D eigenvalue weighted by Gasteiger charge is -2.26. The van der Waals surface area contributed by atoms with Crippen LogP contribution in [0.25, 0.3) is 5.76 Å². The highest BCUT2D eigenvalue weighted by atomic mass is 35.5. The van der Waals surface area contributed by atoms with Crippen LogP contribution in [-0.4, -0.2) is 28.5 Å². The minimum Gasteiger partial charge on any atom is -0.508 e. The molecular weight excluding hydrogens is 454 g/mol. The fourth-order valence-electron chi connectivity index (χ4n) is 4.02. The second-order valence-electron chi connectivity index (χ2n) is 8.11. The molecule has 0 radical (unpaired) electrons. The maximum Gasteiger partial charge on any atom is 0.300 e. The molecule has 1 aliphatic rings. The molecule has 174 valence electrons. The van der Waals surface area contributed by atoms with E-state index in [-0.39, 0.29) is 17.1 Å². The number of anilines is 1. The largest absolute Gasteiger partial charge is 0.508 e. The van der Waals surface area contributed by atoms with Crippen molar-refractivity contribution in [3.63, 3.8) is 0 Å². The van der Waals surface area contributed by atoms with Gasteiger partial charge in [0.25, 0.3) is 11.7 Å². The first-order valence-corrected chi connectivity index (χ1v) is 11.2. The summed E-state index contributed by atoms with van der Waals surface area (Å²) in [4.78, 5) is 27.9. The predicted octanol–water partition coefficient (Wildman–Crippen LogP) is 5.69. The van der Waals surface area contributed by atoms with Crippen LogP contribution in [0.15, 0.2) is 66.2 Å². The van der Waals surface area contributed by atoms with Gasteiger partial charge in [-0.2, -0.15) is 0 Å². The minimum atomic E-state index is -0.895. The van der Waals surface area contributed by atoms with Crippen LogP contribution in [0.4, 0.5) is 5.69 Å². The van der Waals surface area contributed by atoms with Crippen LogP contribution in [0.2, 0.25) is 5.02 Å². The zero-order chi connectivity index (χ0) is 24.6. The molecule has 1 atom stereocenters. The van der Waals surface area contributed by atoms with Crippen molar-refractivity contribution < 1.29 is 24.5 Å². The number of aromatic hydroxyl groups is 1. The number of carbonyl (C=O) groups is 2. The van der Waals surface area contributed by atoms with Crippen molar-refractivity contribution in [1.82, 2.24) is 0 Å². The molecule has 3 aromatic rings. The summed E-state index contributed by atoms with van der Waals surface area (Å²) in [5.41, 5.74) is 3.35. The number of rotatable bonds is 5. The zero-order valence-electron chi connectivity index (χ0n) is 19.0. The summed E-state index contributed by atoms with van der Waals surface area (Å²) in [5.74, 6) is -1.48. The van der Waals surface area contributed by atoms with Gasteiger partial charge in [-0.25, -0.2) is 0 Å². The molecule has 0 bridgehead atoms. The number of amides is 1. The SMILES string of the molecule is CCOc1cc(/C(O)=C2\C(=O)C(=O)N(c3ccc(C)c(C)c3)C2c2ccc(O)cc2)ccc1Cl. The summed E-state index contributed by atoms with van der Waals surface area (Å²) >= 11 is 6.19. The van der Waals surface area contributed by atoms with Crippen molar-refractivity contribution >= 4 is 34.7 Å². The molecule has 34 heavy (non-hydrogen) atoms. The van der Waals surface area contributed by atoms with E-state index in [0.717, 1.165) is 11.1 Å². The van der Waals surface area contributed by atoms with E-state index in [1.54, 1.807) is 36.4 Å². The normalized spacial score (nSPS) is 17.3. The van der Waals surface area contributed by atoms with Gasteiger partial charge in [-0.15, -0.1) is 0 Å². The maximum atomic E-state index is 13.3. The number of ketones is 1. The topological polar surface area (TPSA) is 87.1 Å². The second kappa shape index (κ2) is 9.23. The Morgan fingerprint density at radius 3 is 2.35 bits per heavy atom. The number of Topliss-reactive ketones (excluding diaryl/α,β-unsaturated/α-hetero) is 1. The molecule has 1 fully saturated rings. The third-order valence-electron chi connectivity index (χ3n) is 5.93. The second-order valence-corrected chi connectivity index (χ2v) is 8.51. The van der Waals surface area contributed by atoms with E-state index >= 15 is 0 Å². The molecule has 1 saturated heterocycles. The number of hydrogen-bond donors (Lipinski definition) is 2. The molecule has 0 aromatic heterocycles. The van der Waals surface area contributed by atoms with E-state index in [4.69, 9.17) is 16.3 Å². The monoisotopic (exact) mass is 477 g/mol. The fourth-order valence-corrected chi connectivity index (χ4v) is 4.19. The Kier molecular flexibility index (Phi) is 6.35. The van der Waals surface area contributed by atoms with Gasteiger partial charge in [-0.05, 0) is 79.9 Å². The van der Waals surface area contributed by atoms with E-state index in [0.29, 0.717) is 34.2 Å². The zero-order valence-corrected chi connectivity index (χ0v) is 19.8. The van der Waals surface area contributed by atoms with Crippen molar-refractivity contribution in [3.05, 3.63) is 93.5 Å². The molecule has 1 heterocycles. The third kappa shape index (κ3) is 4.13. The Labute approximate surface area is 202 Å². The number of halogens is 1. The highest BCUT2D eigenvalue weighted by Crippen LogP contribution is 2.43. The van der Waals surface area contributed by atoms with Crippen LogP contribution in [0.3, 0.4) is 0 Å². The number of carbonyl (C=O) groups excluding carboxylic acids is 2. The van der Waals surface area contributed by atoms with E-state index in [1.807, 2.05) is 32.9 Å². The number of benzene rings is 3. The third-order valence-corrected chi connectivity index (χ3v) is 6.24. The van der Waals surface area contributed by atoms with Crippen LogP contribution in [0.1, 0.15) is 35.2 Å². The van der Waals surface area contributed by atoms with Gasteiger partial charge in [-0.3, -0.25) is 14.5 Å². The van der Waals surface area contributed by atoms with Crippen molar-refractivity contribution in [2.45, 2.75) is 26.8 Å². The molecular formula is C27H24ClNO5. The van der Waals surface area contributed by atoms with Crippen molar-refractivity contribution in [3.8, 4) is 11.5 Å². The number of aryl methyl sites for hydroxylation is 2. The molecule has 4 rings (SSSR count). The molecule has 1 unspecified atom stereocenters. The first-order chi connectivity index (χ1) is 16.2. The number of hydrogen-bond acceptors (Lipinski definition) is 5. The molecule has 6 nitrogen and oxygen atoms in total. The van der Waals surface area contributed by atoms with Crippen LogP contribution < -0.4 is 9.64 Å². The first-order valence-electron chi connectivity index (χ1n) is 10.8. The smallest absolute Gasteiger partial charge is 0.300 e. The maximum absolute atomic E-state index is 13.3. The number of phenolic OH excluding ortho intramolecular Hbond substituents is 1. The van der Waals surface area contributed by atoms with Crippen molar-refractivity contribution in [2.24, 2.45) is 0 Å². The van der Waals surface area contributed by atoms with Gasteiger partial charge in [0.15, 0.2) is 0 Å². The van der Waals surface area contributed by atoms with Crippen LogP contribution in [-0.2, 0) is 9.59 Å². The van der Waals surface area contributed by atoms with Crippen LogP contribution in [0.5, 0.6) is 11.5 Å². The average molecular weight is 478 g/mol. The van der Waals surface area contributed by atoms with Gasteiger partial charge in [0, 0.05) is 11.3 Å². The first kappa shape index (κ1) is 23.4. The summed E-state index contributed by atoms with van der Waals surface area (Å²) in [6, 6.07) is 15.5. The summed E-state index contributed by atoms with van der Waals surface area (Å²) in [5, 5.41) is 21.4. The molecule has 0 aliphatic carbocycles. The van der Waals surface area contributed by atoms with Gasteiger partial charge in [0.1, 0.15) is 17.3 Å². The average Bonchev–Trinajstić information content (AvgIpc) is 3.08. The lowest BCUT2D eigenvalue weighted by atomic mass is 9.95. The van der Waals surface area contributed by atoms with E-state index in [9.17, 15) is 19.8 Å². The number of ether oxygens (including phenoxy) is 1. The summed E-state index contributed by atoms with van der Waals surface area (Å²) < 4.78 is 5.52. The molecule has 7 heteroatoms. The van der Waals surface area contributed by atoms with Crippen LogP contribution >= 0.6 is 11.6 Å². The molecule has 0 spiro atoms. The minimum absolute atomic E-state index is 0.0472. The molecule has 3 aromatic carbocycles. The Balaban J connectivity index is 1.94. The van der Waals surface area contributed by atoms with E-state index in [2.05, 4.69) is 0 Å². The number of phenols is 1. The Hall–Kier alpha value is -3.77. The summed E-state index contributed by atoms with van der Waals surface area (Å²) in [7, 11) is 0. The van der Waals surface area contributed by atoms with Gasteiger partial charge in [0.05, 0.1) is 23.2 Å². The molecule has 2 N–H and O–H groups in total. The van der Waals surface area contributed by atoms with E-state index in [1.165, 1.54) is 17.0 Å². The summed E-state index contributed by atoms with van der Waals surface area (Å²) in [6.07, 6.45) is 0. The van der Waals surface area contributed by atoms with Gasteiger partial charge in [-0.1, -0.05) is 29.8 Å². The molecule has 1 aliphatic heterocycles.